The van der Waals surface area contributed by atoms with Gasteiger partial charge in [0.05, 0.1) is 11.9 Å². The summed E-state index contributed by atoms with van der Waals surface area (Å²) in [6, 6.07) is 6.77. The number of hydrogen-bond donors (Lipinski definition) is 1. The van der Waals surface area contributed by atoms with Crippen molar-refractivity contribution in [3.05, 3.63) is 41.8 Å². The Kier molecular flexibility index (Phi) is 3.24. The Bertz CT molecular complexity index is 519. The van der Waals surface area contributed by atoms with Gasteiger partial charge in [-0.2, -0.15) is 5.10 Å². The van der Waals surface area contributed by atoms with Crippen molar-refractivity contribution in [3.8, 4) is 11.3 Å². The Morgan fingerprint density at radius 2 is 2.18 bits per heavy atom. The van der Waals surface area contributed by atoms with Crippen LogP contribution in [0.3, 0.4) is 0 Å². The standard InChI is InChI=1S/C13H16FN3/c1-9(15-2)12-8-16-17(3)13(12)10-5-4-6-11(14)7-10/h4-9,15H,1-3H3. The predicted octanol–water partition coefficient (Wildman–Crippen LogP) is 2.51. The zero-order valence-corrected chi connectivity index (χ0v) is 10.2. The first kappa shape index (κ1) is 11.8. The van der Waals surface area contributed by atoms with E-state index in [0.717, 1.165) is 16.8 Å². The minimum absolute atomic E-state index is 0.182. The topological polar surface area (TPSA) is 29.9 Å². The van der Waals surface area contributed by atoms with Crippen molar-refractivity contribution in [2.24, 2.45) is 7.05 Å². The van der Waals surface area contributed by atoms with Gasteiger partial charge in [-0.1, -0.05) is 12.1 Å². The largest absolute Gasteiger partial charge is 0.313 e. The fourth-order valence-electron chi connectivity index (χ4n) is 1.92. The summed E-state index contributed by atoms with van der Waals surface area (Å²) in [5, 5.41) is 7.42. The van der Waals surface area contributed by atoms with Crippen LogP contribution in [0.4, 0.5) is 4.39 Å². The van der Waals surface area contributed by atoms with Crippen molar-refractivity contribution in [1.82, 2.24) is 15.1 Å². The summed E-state index contributed by atoms with van der Waals surface area (Å²) in [6.45, 7) is 2.06. The maximum atomic E-state index is 13.3. The minimum atomic E-state index is -0.230. The molecular formula is C13H16FN3. The highest BCUT2D eigenvalue weighted by atomic mass is 19.1. The number of nitrogens with one attached hydrogen (secondary N) is 1. The van der Waals surface area contributed by atoms with E-state index in [4.69, 9.17) is 0 Å². The molecule has 3 nitrogen and oxygen atoms in total. The molecule has 1 N–H and O–H groups in total. The second-order valence-corrected chi connectivity index (χ2v) is 4.09. The lowest BCUT2D eigenvalue weighted by molar-refractivity contribution is 0.627. The summed E-state index contributed by atoms with van der Waals surface area (Å²) in [5.74, 6) is -0.230. The summed E-state index contributed by atoms with van der Waals surface area (Å²) >= 11 is 0. The van der Waals surface area contributed by atoms with E-state index >= 15 is 0 Å². The van der Waals surface area contributed by atoms with Crippen LogP contribution in [0, 0.1) is 5.82 Å². The smallest absolute Gasteiger partial charge is 0.123 e. The van der Waals surface area contributed by atoms with Gasteiger partial charge in [0, 0.05) is 24.2 Å². The van der Waals surface area contributed by atoms with Crippen LogP contribution >= 0.6 is 0 Å². The van der Waals surface area contributed by atoms with Crippen LogP contribution in [-0.2, 0) is 7.05 Å². The fraction of sp³-hybridized carbons (Fsp3) is 0.308. The van der Waals surface area contributed by atoms with Crippen molar-refractivity contribution in [3.63, 3.8) is 0 Å². The highest BCUT2D eigenvalue weighted by molar-refractivity contribution is 5.64. The SMILES string of the molecule is CNC(C)c1cnn(C)c1-c1cccc(F)c1. The van der Waals surface area contributed by atoms with Crippen molar-refractivity contribution in [2.75, 3.05) is 7.05 Å². The molecule has 1 heterocycles. The van der Waals surface area contributed by atoms with E-state index in [1.54, 1.807) is 10.7 Å². The average Bonchev–Trinajstić information content (AvgIpc) is 2.70. The van der Waals surface area contributed by atoms with Crippen LogP contribution < -0.4 is 5.32 Å². The Balaban J connectivity index is 2.54. The first-order chi connectivity index (χ1) is 8.13. The average molecular weight is 233 g/mol. The molecule has 0 aliphatic carbocycles. The van der Waals surface area contributed by atoms with Gasteiger partial charge in [-0.15, -0.1) is 0 Å². The highest BCUT2D eigenvalue weighted by Gasteiger charge is 2.15. The second kappa shape index (κ2) is 4.67. The third kappa shape index (κ3) is 2.22. The molecule has 2 aromatic rings. The monoisotopic (exact) mass is 233 g/mol. The zero-order valence-electron chi connectivity index (χ0n) is 10.2. The third-order valence-corrected chi connectivity index (χ3v) is 2.96. The molecule has 0 radical (unpaired) electrons. The van der Waals surface area contributed by atoms with Crippen LogP contribution in [0.25, 0.3) is 11.3 Å². The van der Waals surface area contributed by atoms with Gasteiger partial charge in [0.15, 0.2) is 0 Å². The number of rotatable bonds is 3. The fourth-order valence-corrected chi connectivity index (χ4v) is 1.92. The lowest BCUT2D eigenvalue weighted by atomic mass is 10.0. The lowest BCUT2D eigenvalue weighted by Crippen LogP contribution is -2.13. The van der Waals surface area contributed by atoms with E-state index in [0.29, 0.717) is 0 Å². The van der Waals surface area contributed by atoms with Crippen LogP contribution in [-0.4, -0.2) is 16.8 Å². The predicted molar refractivity (Wildman–Crippen MR) is 66.1 cm³/mol. The van der Waals surface area contributed by atoms with E-state index < -0.39 is 0 Å². The molecule has 0 amide bonds. The maximum Gasteiger partial charge on any atom is 0.123 e. The molecule has 2 rings (SSSR count). The van der Waals surface area contributed by atoms with Crippen LogP contribution in [0.1, 0.15) is 18.5 Å². The number of hydrogen-bond acceptors (Lipinski definition) is 2. The van der Waals surface area contributed by atoms with Gasteiger partial charge in [-0.25, -0.2) is 4.39 Å². The Hall–Kier alpha value is -1.68. The number of aromatic nitrogens is 2. The van der Waals surface area contributed by atoms with Crippen molar-refractivity contribution in [1.29, 1.82) is 0 Å². The van der Waals surface area contributed by atoms with Crippen molar-refractivity contribution < 1.29 is 4.39 Å². The third-order valence-electron chi connectivity index (χ3n) is 2.96. The van der Waals surface area contributed by atoms with E-state index in [1.807, 2.05) is 26.4 Å². The van der Waals surface area contributed by atoms with E-state index in [1.165, 1.54) is 12.1 Å². The number of halogens is 1. The molecule has 1 aromatic carbocycles. The molecule has 0 saturated heterocycles. The minimum Gasteiger partial charge on any atom is -0.313 e. The molecule has 17 heavy (non-hydrogen) atoms. The van der Waals surface area contributed by atoms with Gasteiger partial charge in [0.1, 0.15) is 5.82 Å². The molecule has 1 atom stereocenters. The molecule has 1 aromatic heterocycles. The Morgan fingerprint density at radius 1 is 1.41 bits per heavy atom. The molecule has 0 fully saturated rings. The molecule has 0 saturated carbocycles. The Morgan fingerprint density at radius 3 is 2.82 bits per heavy atom. The molecular weight excluding hydrogens is 217 g/mol. The van der Waals surface area contributed by atoms with Crippen LogP contribution in [0.2, 0.25) is 0 Å². The molecule has 0 spiro atoms. The van der Waals surface area contributed by atoms with E-state index in [9.17, 15) is 4.39 Å². The first-order valence-corrected chi connectivity index (χ1v) is 5.58. The molecule has 1 unspecified atom stereocenters. The van der Waals surface area contributed by atoms with Crippen molar-refractivity contribution >= 4 is 0 Å². The molecule has 0 bridgehead atoms. The summed E-state index contributed by atoms with van der Waals surface area (Å²) in [6.07, 6.45) is 1.82. The molecule has 0 aliphatic rings. The first-order valence-electron chi connectivity index (χ1n) is 5.58. The quantitative estimate of drug-likeness (QED) is 0.882. The normalized spacial score (nSPS) is 12.7. The summed E-state index contributed by atoms with van der Waals surface area (Å²) < 4.78 is 15.0. The summed E-state index contributed by atoms with van der Waals surface area (Å²) in [4.78, 5) is 0. The number of nitrogens with zero attached hydrogens (tertiary/aromatic N) is 2. The zero-order chi connectivity index (χ0) is 12.4. The second-order valence-electron chi connectivity index (χ2n) is 4.09. The molecule has 4 heteroatoms. The lowest BCUT2D eigenvalue weighted by Gasteiger charge is -2.12. The van der Waals surface area contributed by atoms with Gasteiger partial charge < -0.3 is 5.32 Å². The highest BCUT2D eigenvalue weighted by Crippen LogP contribution is 2.27. The van der Waals surface area contributed by atoms with Crippen LogP contribution in [0.5, 0.6) is 0 Å². The summed E-state index contributed by atoms with van der Waals surface area (Å²) in [7, 11) is 3.76. The van der Waals surface area contributed by atoms with E-state index in [2.05, 4.69) is 17.3 Å². The van der Waals surface area contributed by atoms with Gasteiger partial charge >= 0.3 is 0 Å². The molecule has 90 valence electrons. The van der Waals surface area contributed by atoms with Gasteiger partial charge in [-0.05, 0) is 26.1 Å². The van der Waals surface area contributed by atoms with Gasteiger partial charge in [0.2, 0.25) is 0 Å². The Labute approximate surface area is 100 Å². The number of aryl methyl sites for hydroxylation is 1. The van der Waals surface area contributed by atoms with Gasteiger partial charge in [0.25, 0.3) is 0 Å². The van der Waals surface area contributed by atoms with Crippen molar-refractivity contribution in [2.45, 2.75) is 13.0 Å². The molecule has 0 aliphatic heterocycles. The van der Waals surface area contributed by atoms with Crippen LogP contribution in [0.15, 0.2) is 30.5 Å². The number of benzene rings is 1. The van der Waals surface area contributed by atoms with Gasteiger partial charge in [-0.3, -0.25) is 4.68 Å². The summed E-state index contributed by atoms with van der Waals surface area (Å²) in [5.41, 5.74) is 2.87. The van der Waals surface area contributed by atoms with E-state index in [-0.39, 0.29) is 11.9 Å². The maximum absolute atomic E-state index is 13.3.